The van der Waals surface area contributed by atoms with Crippen molar-refractivity contribution >= 4 is 11.7 Å². The molecule has 4 nitrogen and oxygen atoms in total. The van der Waals surface area contributed by atoms with Gasteiger partial charge >= 0.3 is 6.03 Å². The van der Waals surface area contributed by atoms with E-state index in [-0.39, 0.29) is 23.9 Å². The Bertz CT molecular complexity index is 549. The lowest BCUT2D eigenvalue weighted by molar-refractivity contribution is 0.187. The maximum absolute atomic E-state index is 14.1. The molecule has 0 aromatic heterocycles. The largest absolute Gasteiger partial charge is 0.367 e. The van der Waals surface area contributed by atoms with E-state index in [1.807, 2.05) is 31.9 Å². The van der Waals surface area contributed by atoms with E-state index >= 15 is 0 Å². The van der Waals surface area contributed by atoms with Gasteiger partial charge < -0.3 is 15.1 Å². The van der Waals surface area contributed by atoms with Crippen molar-refractivity contribution in [3.8, 4) is 0 Å². The number of piperidine rings is 1. The first-order valence-corrected chi connectivity index (χ1v) is 8.46. The van der Waals surface area contributed by atoms with Crippen molar-refractivity contribution in [1.29, 1.82) is 0 Å². The number of nitrogens with one attached hydrogen (secondary N) is 1. The quantitative estimate of drug-likeness (QED) is 0.920. The van der Waals surface area contributed by atoms with E-state index < -0.39 is 0 Å². The fourth-order valence-electron chi connectivity index (χ4n) is 2.93. The molecular weight excluding hydrogens is 293 g/mol. The molecule has 1 saturated heterocycles. The number of amides is 2. The van der Waals surface area contributed by atoms with Crippen LogP contribution in [-0.4, -0.2) is 43.2 Å². The number of benzene rings is 1. The predicted octanol–water partition coefficient (Wildman–Crippen LogP) is 3.54. The zero-order valence-electron chi connectivity index (χ0n) is 14.6. The number of carbonyl (C=O) groups excluding carboxylic acids is 1. The molecule has 2 amide bonds. The van der Waals surface area contributed by atoms with Crippen molar-refractivity contribution in [3.63, 3.8) is 0 Å². The number of aryl methyl sites for hydroxylation is 1. The number of anilines is 1. The van der Waals surface area contributed by atoms with Gasteiger partial charge in [0.25, 0.3) is 0 Å². The molecule has 5 heteroatoms. The molecule has 0 spiro atoms. The van der Waals surface area contributed by atoms with E-state index in [2.05, 4.69) is 12.2 Å². The Labute approximate surface area is 138 Å². The van der Waals surface area contributed by atoms with E-state index in [4.69, 9.17) is 0 Å². The standard InChI is InChI=1S/C18H28FN3O/c1-5-14(3)21(4)18(23)20-15-7-6-10-22(12-15)17-11-13(2)8-9-16(17)19/h8-9,11,14-15H,5-7,10,12H2,1-4H3,(H,20,23). The second kappa shape index (κ2) is 7.66. The van der Waals surface area contributed by atoms with E-state index in [1.165, 1.54) is 6.07 Å². The lowest BCUT2D eigenvalue weighted by Crippen LogP contribution is -2.52. The molecule has 1 aromatic rings. The molecule has 0 radical (unpaired) electrons. The summed E-state index contributed by atoms with van der Waals surface area (Å²) in [5.74, 6) is -0.195. The molecule has 2 unspecified atom stereocenters. The molecule has 1 fully saturated rings. The summed E-state index contributed by atoms with van der Waals surface area (Å²) in [7, 11) is 1.82. The van der Waals surface area contributed by atoms with Crippen LogP contribution in [-0.2, 0) is 0 Å². The Morgan fingerprint density at radius 2 is 2.26 bits per heavy atom. The number of hydrogen-bond donors (Lipinski definition) is 1. The Hall–Kier alpha value is -1.78. The number of nitrogens with zero attached hydrogens (tertiary/aromatic N) is 2. The maximum atomic E-state index is 14.1. The van der Waals surface area contributed by atoms with Crippen molar-refractivity contribution in [2.24, 2.45) is 0 Å². The highest BCUT2D eigenvalue weighted by Crippen LogP contribution is 2.24. The molecule has 23 heavy (non-hydrogen) atoms. The molecule has 2 atom stereocenters. The normalized spacial score (nSPS) is 19.3. The molecule has 0 aliphatic carbocycles. The van der Waals surface area contributed by atoms with Gasteiger partial charge in [0.05, 0.1) is 5.69 Å². The number of hydrogen-bond acceptors (Lipinski definition) is 2. The highest BCUT2D eigenvalue weighted by molar-refractivity contribution is 5.74. The molecule has 0 saturated carbocycles. The van der Waals surface area contributed by atoms with Crippen LogP contribution >= 0.6 is 0 Å². The third kappa shape index (κ3) is 4.36. The maximum Gasteiger partial charge on any atom is 0.317 e. The fourth-order valence-corrected chi connectivity index (χ4v) is 2.93. The SMILES string of the molecule is CCC(C)N(C)C(=O)NC1CCCN(c2cc(C)ccc2F)C1. The second-order valence-corrected chi connectivity index (χ2v) is 6.56. The Morgan fingerprint density at radius 3 is 2.96 bits per heavy atom. The first-order valence-electron chi connectivity index (χ1n) is 8.46. The van der Waals surface area contributed by atoms with Crippen molar-refractivity contribution in [3.05, 3.63) is 29.6 Å². The molecule has 1 aliphatic rings. The van der Waals surface area contributed by atoms with Crippen LogP contribution in [0.2, 0.25) is 0 Å². The van der Waals surface area contributed by atoms with Gasteiger partial charge in [0.2, 0.25) is 0 Å². The first-order chi connectivity index (χ1) is 10.9. The van der Waals surface area contributed by atoms with Gasteiger partial charge in [-0.1, -0.05) is 13.0 Å². The lowest BCUT2D eigenvalue weighted by atomic mass is 10.0. The third-order valence-electron chi connectivity index (χ3n) is 4.76. The van der Waals surface area contributed by atoms with E-state index in [1.54, 1.807) is 11.0 Å². The summed E-state index contributed by atoms with van der Waals surface area (Å²) in [6.07, 6.45) is 2.81. The van der Waals surface area contributed by atoms with Gasteiger partial charge in [0, 0.05) is 32.2 Å². The number of rotatable bonds is 4. The molecule has 2 rings (SSSR count). The minimum Gasteiger partial charge on any atom is -0.367 e. The Morgan fingerprint density at radius 1 is 1.52 bits per heavy atom. The zero-order chi connectivity index (χ0) is 17.0. The zero-order valence-corrected chi connectivity index (χ0v) is 14.6. The van der Waals surface area contributed by atoms with Crippen molar-refractivity contribution in [2.75, 3.05) is 25.0 Å². The van der Waals surface area contributed by atoms with Crippen LogP contribution in [0.5, 0.6) is 0 Å². The molecular formula is C18H28FN3O. The van der Waals surface area contributed by atoms with Crippen LogP contribution in [0, 0.1) is 12.7 Å². The molecule has 1 aromatic carbocycles. The average molecular weight is 321 g/mol. The summed E-state index contributed by atoms with van der Waals surface area (Å²) < 4.78 is 14.1. The Balaban J connectivity index is 2.01. The van der Waals surface area contributed by atoms with Crippen molar-refractivity contribution < 1.29 is 9.18 Å². The highest BCUT2D eigenvalue weighted by atomic mass is 19.1. The van der Waals surface area contributed by atoms with Gasteiger partial charge in [-0.05, 0) is 50.8 Å². The molecule has 128 valence electrons. The summed E-state index contributed by atoms with van der Waals surface area (Å²) in [4.78, 5) is 16.1. The van der Waals surface area contributed by atoms with E-state index in [9.17, 15) is 9.18 Å². The molecule has 1 heterocycles. The Kier molecular flexibility index (Phi) is 5.85. The van der Waals surface area contributed by atoms with Crippen molar-refractivity contribution in [2.45, 2.75) is 52.1 Å². The smallest absolute Gasteiger partial charge is 0.317 e. The summed E-state index contributed by atoms with van der Waals surface area (Å²) in [5, 5.41) is 3.09. The molecule has 1 aliphatic heterocycles. The lowest BCUT2D eigenvalue weighted by Gasteiger charge is -2.36. The van der Waals surface area contributed by atoms with Gasteiger partial charge in [0.1, 0.15) is 5.82 Å². The van der Waals surface area contributed by atoms with E-state index in [0.717, 1.165) is 31.4 Å². The monoisotopic (exact) mass is 321 g/mol. The van der Waals surface area contributed by atoms with Crippen LogP contribution in [0.1, 0.15) is 38.7 Å². The van der Waals surface area contributed by atoms with Crippen LogP contribution in [0.25, 0.3) is 0 Å². The summed E-state index contributed by atoms with van der Waals surface area (Å²) in [5.41, 5.74) is 1.68. The van der Waals surface area contributed by atoms with Crippen LogP contribution in [0.3, 0.4) is 0 Å². The third-order valence-corrected chi connectivity index (χ3v) is 4.76. The van der Waals surface area contributed by atoms with Gasteiger partial charge in [-0.15, -0.1) is 0 Å². The summed E-state index contributed by atoms with van der Waals surface area (Å²) in [6, 6.07) is 5.40. The number of carbonyl (C=O) groups is 1. The first kappa shape index (κ1) is 17.6. The van der Waals surface area contributed by atoms with Gasteiger partial charge in [-0.2, -0.15) is 0 Å². The van der Waals surface area contributed by atoms with E-state index in [0.29, 0.717) is 12.2 Å². The van der Waals surface area contributed by atoms with Crippen LogP contribution in [0.15, 0.2) is 18.2 Å². The summed E-state index contributed by atoms with van der Waals surface area (Å²) in [6.45, 7) is 7.55. The van der Waals surface area contributed by atoms with Crippen LogP contribution in [0.4, 0.5) is 14.9 Å². The van der Waals surface area contributed by atoms with Gasteiger partial charge in [-0.3, -0.25) is 0 Å². The number of halogens is 1. The number of urea groups is 1. The minimum atomic E-state index is -0.195. The minimum absolute atomic E-state index is 0.0454. The second-order valence-electron chi connectivity index (χ2n) is 6.56. The molecule has 1 N–H and O–H groups in total. The van der Waals surface area contributed by atoms with Crippen molar-refractivity contribution in [1.82, 2.24) is 10.2 Å². The predicted molar refractivity (Wildman–Crippen MR) is 92.4 cm³/mol. The summed E-state index contributed by atoms with van der Waals surface area (Å²) >= 11 is 0. The average Bonchev–Trinajstić information content (AvgIpc) is 2.55. The fraction of sp³-hybridized carbons (Fsp3) is 0.611. The molecule has 0 bridgehead atoms. The van der Waals surface area contributed by atoms with Gasteiger partial charge in [-0.25, -0.2) is 9.18 Å². The van der Waals surface area contributed by atoms with Crippen LogP contribution < -0.4 is 10.2 Å². The van der Waals surface area contributed by atoms with Gasteiger partial charge in [0.15, 0.2) is 0 Å². The highest BCUT2D eigenvalue weighted by Gasteiger charge is 2.25. The topological polar surface area (TPSA) is 35.6 Å².